The molecule has 0 atom stereocenters. The maximum atomic E-state index is 13.7. The highest BCUT2D eigenvalue weighted by Gasteiger charge is 2.31. The van der Waals surface area contributed by atoms with Crippen LogP contribution in [0, 0.1) is 13.8 Å². The lowest BCUT2D eigenvalue weighted by Gasteiger charge is -2.12. The molecule has 0 aliphatic rings. The number of aryl methyl sites for hydroxylation is 2. The van der Waals surface area contributed by atoms with Crippen LogP contribution in [-0.2, 0) is 12.7 Å². The number of halogens is 3. The largest absolute Gasteiger partial charge is 0.416 e. The van der Waals surface area contributed by atoms with Crippen LogP contribution in [0.3, 0.4) is 0 Å². The van der Waals surface area contributed by atoms with Crippen molar-refractivity contribution in [1.29, 1.82) is 0 Å². The highest BCUT2D eigenvalue weighted by atomic mass is 32.2. The van der Waals surface area contributed by atoms with Gasteiger partial charge in [0.15, 0.2) is 5.16 Å². The van der Waals surface area contributed by atoms with Gasteiger partial charge in [-0.3, -0.25) is 9.36 Å². The Morgan fingerprint density at radius 3 is 2.47 bits per heavy atom. The number of thioether (sulfide) groups is 1. The van der Waals surface area contributed by atoms with Gasteiger partial charge in [-0.2, -0.15) is 18.2 Å². The Balaban J connectivity index is 1.57. The molecule has 0 radical (unpaired) electrons. The van der Waals surface area contributed by atoms with Gasteiger partial charge in [0.1, 0.15) is 12.1 Å². The van der Waals surface area contributed by atoms with E-state index < -0.39 is 11.7 Å². The maximum Gasteiger partial charge on any atom is 0.416 e. The Labute approximate surface area is 207 Å². The molecule has 5 aromatic rings. The fourth-order valence-electron chi connectivity index (χ4n) is 3.98. The molecule has 0 amide bonds. The molecule has 2 aromatic carbocycles. The van der Waals surface area contributed by atoms with E-state index in [4.69, 9.17) is 9.51 Å². The summed E-state index contributed by atoms with van der Waals surface area (Å²) < 4.78 is 47.9. The first-order valence-corrected chi connectivity index (χ1v) is 12.1. The van der Waals surface area contributed by atoms with E-state index in [0.29, 0.717) is 21.9 Å². The Bertz CT molecular complexity index is 1630. The molecule has 0 fully saturated rings. The Morgan fingerprint density at radius 2 is 1.78 bits per heavy atom. The SMILES string of the molecule is CSc1nc2cc(C)n(Cc3nc(-c4cccc(C(F)(F)F)c4)no3)c2c(=O)n1-c1ccc(C)cc1. The minimum absolute atomic E-state index is 0.0325. The third-order valence-corrected chi connectivity index (χ3v) is 6.42. The summed E-state index contributed by atoms with van der Waals surface area (Å²) in [5.41, 5.74) is 2.54. The van der Waals surface area contributed by atoms with Crippen molar-refractivity contribution in [1.82, 2.24) is 24.3 Å². The van der Waals surface area contributed by atoms with Crippen LogP contribution in [0.15, 0.2) is 69.1 Å². The van der Waals surface area contributed by atoms with Crippen molar-refractivity contribution in [3.05, 3.63) is 87.7 Å². The van der Waals surface area contributed by atoms with Crippen LogP contribution in [-0.4, -0.2) is 30.5 Å². The van der Waals surface area contributed by atoms with Gasteiger partial charge in [-0.1, -0.05) is 46.7 Å². The molecule has 7 nitrogen and oxygen atoms in total. The molecule has 0 aliphatic heterocycles. The van der Waals surface area contributed by atoms with Crippen molar-refractivity contribution in [2.45, 2.75) is 31.7 Å². The lowest BCUT2D eigenvalue weighted by atomic mass is 10.1. The molecule has 36 heavy (non-hydrogen) atoms. The molecule has 3 heterocycles. The minimum atomic E-state index is -4.48. The number of hydrogen-bond acceptors (Lipinski definition) is 6. The Hall–Kier alpha value is -3.86. The lowest BCUT2D eigenvalue weighted by Crippen LogP contribution is -2.23. The van der Waals surface area contributed by atoms with Crippen molar-refractivity contribution in [3.8, 4) is 17.1 Å². The number of benzene rings is 2. The lowest BCUT2D eigenvalue weighted by molar-refractivity contribution is -0.137. The second-order valence-electron chi connectivity index (χ2n) is 8.27. The van der Waals surface area contributed by atoms with Crippen molar-refractivity contribution in [2.75, 3.05) is 6.26 Å². The summed E-state index contributed by atoms with van der Waals surface area (Å²) in [5, 5.41) is 4.41. The minimum Gasteiger partial charge on any atom is -0.337 e. The second-order valence-corrected chi connectivity index (χ2v) is 9.04. The van der Waals surface area contributed by atoms with Gasteiger partial charge in [-0.15, -0.1) is 0 Å². The molecule has 0 saturated carbocycles. The van der Waals surface area contributed by atoms with E-state index in [9.17, 15) is 18.0 Å². The van der Waals surface area contributed by atoms with Crippen LogP contribution in [0.5, 0.6) is 0 Å². The smallest absolute Gasteiger partial charge is 0.337 e. The van der Waals surface area contributed by atoms with Gasteiger partial charge in [0.2, 0.25) is 11.7 Å². The first-order valence-electron chi connectivity index (χ1n) is 10.9. The average molecular weight is 512 g/mol. The van der Waals surface area contributed by atoms with Gasteiger partial charge in [0, 0.05) is 11.3 Å². The van der Waals surface area contributed by atoms with Crippen LogP contribution in [0.2, 0.25) is 0 Å². The predicted molar refractivity (Wildman–Crippen MR) is 130 cm³/mol. The highest BCUT2D eigenvalue weighted by molar-refractivity contribution is 7.98. The van der Waals surface area contributed by atoms with Crippen molar-refractivity contribution < 1.29 is 17.7 Å². The average Bonchev–Trinajstić information content (AvgIpc) is 3.44. The van der Waals surface area contributed by atoms with E-state index in [-0.39, 0.29) is 29.4 Å². The topological polar surface area (TPSA) is 78.7 Å². The fourth-order valence-corrected chi connectivity index (χ4v) is 4.54. The number of rotatable bonds is 5. The Kier molecular flexibility index (Phi) is 5.95. The quantitative estimate of drug-likeness (QED) is 0.224. The molecular formula is C25H20F3N5O2S. The summed E-state index contributed by atoms with van der Waals surface area (Å²) in [6.07, 6.45) is -2.63. The fraction of sp³-hybridized carbons (Fsp3) is 0.200. The number of aromatic nitrogens is 5. The zero-order valence-electron chi connectivity index (χ0n) is 19.5. The molecule has 0 saturated heterocycles. The summed E-state index contributed by atoms with van der Waals surface area (Å²) in [4.78, 5) is 22.7. The first kappa shape index (κ1) is 23.9. The molecule has 5 rings (SSSR count). The third-order valence-electron chi connectivity index (χ3n) is 5.78. The standard InChI is InChI=1S/C25H20F3N5O2S/c1-14-7-9-18(10-8-14)33-23(34)21-19(29-24(33)36-3)11-15(2)32(21)13-20-30-22(31-35-20)16-5-4-6-17(12-16)25(26,27)28/h4-12H,13H2,1-3H3. The van der Waals surface area contributed by atoms with E-state index in [1.165, 1.54) is 23.9 Å². The van der Waals surface area contributed by atoms with Gasteiger partial charge in [0.25, 0.3) is 5.56 Å². The zero-order chi connectivity index (χ0) is 25.6. The molecular weight excluding hydrogens is 491 g/mol. The molecule has 184 valence electrons. The van der Waals surface area contributed by atoms with Gasteiger partial charge in [-0.05, 0) is 50.4 Å². The number of nitrogens with zero attached hydrogens (tertiary/aromatic N) is 5. The monoisotopic (exact) mass is 511 g/mol. The predicted octanol–water partition coefficient (Wildman–Crippen LogP) is 5.64. The van der Waals surface area contributed by atoms with E-state index in [0.717, 1.165) is 23.4 Å². The van der Waals surface area contributed by atoms with Crippen LogP contribution >= 0.6 is 11.8 Å². The van der Waals surface area contributed by atoms with Gasteiger partial charge < -0.3 is 9.09 Å². The van der Waals surface area contributed by atoms with Gasteiger partial charge in [-0.25, -0.2) is 4.98 Å². The van der Waals surface area contributed by atoms with Crippen molar-refractivity contribution >= 4 is 22.8 Å². The normalized spacial score (nSPS) is 11.9. The summed E-state index contributed by atoms with van der Waals surface area (Å²) in [5.74, 6) is 0.184. The van der Waals surface area contributed by atoms with E-state index >= 15 is 0 Å². The summed E-state index contributed by atoms with van der Waals surface area (Å²) in [6, 6.07) is 14.1. The molecule has 0 aliphatic carbocycles. The number of alkyl halides is 3. The zero-order valence-corrected chi connectivity index (χ0v) is 20.3. The van der Waals surface area contributed by atoms with Crippen molar-refractivity contribution in [2.24, 2.45) is 0 Å². The molecule has 3 aromatic heterocycles. The number of hydrogen-bond donors (Lipinski definition) is 0. The second kappa shape index (κ2) is 8.98. The molecule has 0 unspecified atom stereocenters. The third kappa shape index (κ3) is 4.30. The molecule has 11 heteroatoms. The molecule has 0 N–H and O–H groups in total. The van der Waals surface area contributed by atoms with Crippen LogP contribution in [0.25, 0.3) is 28.1 Å². The Morgan fingerprint density at radius 1 is 1.03 bits per heavy atom. The maximum absolute atomic E-state index is 13.7. The summed E-state index contributed by atoms with van der Waals surface area (Å²) in [6.45, 7) is 3.86. The van der Waals surface area contributed by atoms with E-state index in [2.05, 4.69) is 10.1 Å². The highest BCUT2D eigenvalue weighted by Crippen LogP contribution is 2.31. The van der Waals surface area contributed by atoms with Crippen LogP contribution < -0.4 is 5.56 Å². The first-order chi connectivity index (χ1) is 17.2. The molecule has 0 bridgehead atoms. The summed E-state index contributed by atoms with van der Waals surface area (Å²) in [7, 11) is 0. The van der Waals surface area contributed by atoms with E-state index in [1.807, 2.05) is 44.4 Å². The summed E-state index contributed by atoms with van der Waals surface area (Å²) >= 11 is 1.37. The van der Waals surface area contributed by atoms with Gasteiger partial charge in [0.05, 0.1) is 16.8 Å². The van der Waals surface area contributed by atoms with Crippen molar-refractivity contribution in [3.63, 3.8) is 0 Å². The molecule has 0 spiro atoms. The van der Waals surface area contributed by atoms with Gasteiger partial charge >= 0.3 is 6.18 Å². The number of fused-ring (bicyclic) bond motifs is 1. The van der Waals surface area contributed by atoms with E-state index in [1.54, 1.807) is 15.2 Å². The van der Waals surface area contributed by atoms with Crippen LogP contribution in [0.1, 0.15) is 22.7 Å². The van der Waals surface area contributed by atoms with Crippen LogP contribution in [0.4, 0.5) is 13.2 Å².